The molecular formula is C15H22N4O3. The molecule has 2 saturated heterocycles. The third kappa shape index (κ3) is 2.61. The van der Waals surface area contributed by atoms with E-state index in [1.165, 1.54) is 6.33 Å². The molecule has 0 amide bonds. The number of carboxylic acid groups (broad SMARTS) is 1. The summed E-state index contributed by atoms with van der Waals surface area (Å²) in [6.45, 7) is 6.15. The Morgan fingerprint density at radius 2 is 2.36 bits per heavy atom. The molecule has 0 aliphatic carbocycles. The van der Waals surface area contributed by atoms with Gasteiger partial charge >= 0.3 is 5.97 Å². The van der Waals surface area contributed by atoms with Crippen molar-refractivity contribution in [2.24, 2.45) is 11.3 Å². The lowest BCUT2D eigenvalue weighted by molar-refractivity contribution is -0.159. The van der Waals surface area contributed by atoms with Crippen LogP contribution in [0.15, 0.2) is 12.4 Å². The molecule has 0 radical (unpaired) electrons. The van der Waals surface area contributed by atoms with Gasteiger partial charge in [0.05, 0.1) is 6.61 Å². The minimum Gasteiger partial charge on any atom is -0.481 e. The lowest BCUT2D eigenvalue weighted by atomic mass is 9.76. The van der Waals surface area contributed by atoms with E-state index >= 15 is 0 Å². The lowest BCUT2D eigenvalue weighted by Crippen LogP contribution is -2.46. The Balaban J connectivity index is 1.83. The summed E-state index contributed by atoms with van der Waals surface area (Å²) in [5, 5.41) is 12.9. The lowest BCUT2D eigenvalue weighted by Gasteiger charge is -2.33. The van der Waals surface area contributed by atoms with Crippen LogP contribution in [-0.4, -0.2) is 53.4 Å². The smallest absolute Gasteiger partial charge is 0.314 e. The number of aromatic nitrogens is 2. The Morgan fingerprint density at radius 3 is 3.05 bits per heavy atom. The van der Waals surface area contributed by atoms with E-state index in [9.17, 15) is 9.90 Å². The molecule has 120 valence electrons. The van der Waals surface area contributed by atoms with Gasteiger partial charge in [0, 0.05) is 31.8 Å². The summed E-state index contributed by atoms with van der Waals surface area (Å²) in [5.74, 6) is 0.869. The van der Waals surface area contributed by atoms with Crippen LogP contribution in [0.5, 0.6) is 0 Å². The standard InChI is InChI=1S/C15H22N4O3/c1-10(2)18-12-5-13(17-9-16-12)19-6-11-3-4-22-8-15(11,7-19)14(20)21/h5,9-11H,3-4,6-8H2,1-2H3,(H,20,21)(H,16,17,18)/t11-,15+/m0/s1. The maximum absolute atomic E-state index is 11.8. The van der Waals surface area contributed by atoms with Crippen LogP contribution in [0.25, 0.3) is 0 Å². The highest BCUT2D eigenvalue weighted by Gasteiger charge is 2.54. The molecule has 7 heteroatoms. The molecule has 3 heterocycles. The predicted octanol–water partition coefficient (Wildman–Crippen LogP) is 1.22. The number of carboxylic acids is 1. The summed E-state index contributed by atoms with van der Waals surface area (Å²) in [7, 11) is 0. The van der Waals surface area contributed by atoms with E-state index in [1.54, 1.807) is 0 Å². The number of ether oxygens (including phenoxy) is 1. The number of nitrogens with zero attached hydrogens (tertiary/aromatic N) is 3. The molecule has 0 aromatic carbocycles. The van der Waals surface area contributed by atoms with Gasteiger partial charge in [-0.05, 0) is 26.2 Å². The average Bonchev–Trinajstić information content (AvgIpc) is 2.88. The van der Waals surface area contributed by atoms with Gasteiger partial charge in [-0.2, -0.15) is 0 Å². The predicted molar refractivity (Wildman–Crippen MR) is 82.0 cm³/mol. The molecular weight excluding hydrogens is 284 g/mol. The van der Waals surface area contributed by atoms with E-state index in [0.717, 1.165) is 18.1 Å². The van der Waals surface area contributed by atoms with Gasteiger partial charge in [-0.25, -0.2) is 9.97 Å². The van der Waals surface area contributed by atoms with Gasteiger partial charge in [0.1, 0.15) is 23.4 Å². The molecule has 2 aliphatic heterocycles. The molecule has 0 spiro atoms. The average molecular weight is 306 g/mol. The quantitative estimate of drug-likeness (QED) is 0.865. The minimum absolute atomic E-state index is 0.107. The molecule has 2 N–H and O–H groups in total. The van der Waals surface area contributed by atoms with E-state index in [-0.39, 0.29) is 18.6 Å². The highest BCUT2D eigenvalue weighted by Crippen LogP contribution is 2.42. The number of hydrogen-bond donors (Lipinski definition) is 2. The first-order chi connectivity index (χ1) is 10.5. The Morgan fingerprint density at radius 1 is 1.55 bits per heavy atom. The van der Waals surface area contributed by atoms with Crippen molar-refractivity contribution >= 4 is 17.6 Å². The third-order valence-corrected chi connectivity index (χ3v) is 4.50. The normalized spacial score (nSPS) is 27.8. The molecule has 2 atom stereocenters. The number of rotatable bonds is 4. The Bertz CT molecular complexity index is 565. The van der Waals surface area contributed by atoms with Crippen molar-refractivity contribution in [2.45, 2.75) is 26.3 Å². The van der Waals surface area contributed by atoms with Crippen molar-refractivity contribution in [3.8, 4) is 0 Å². The molecule has 0 unspecified atom stereocenters. The first kappa shape index (κ1) is 15.0. The van der Waals surface area contributed by atoms with Crippen LogP contribution in [0.1, 0.15) is 20.3 Å². The van der Waals surface area contributed by atoms with Crippen LogP contribution in [0.2, 0.25) is 0 Å². The fourth-order valence-corrected chi connectivity index (χ4v) is 3.36. The summed E-state index contributed by atoms with van der Waals surface area (Å²) >= 11 is 0. The molecule has 1 aromatic heterocycles. The number of hydrogen-bond acceptors (Lipinski definition) is 6. The fourth-order valence-electron chi connectivity index (χ4n) is 3.36. The van der Waals surface area contributed by atoms with Gasteiger partial charge in [0.15, 0.2) is 0 Å². The van der Waals surface area contributed by atoms with Crippen molar-refractivity contribution in [3.63, 3.8) is 0 Å². The number of fused-ring (bicyclic) bond motifs is 1. The topological polar surface area (TPSA) is 87.6 Å². The minimum atomic E-state index is -0.811. The van der Waals surface area contributed by atoms with Crippen LogP contribution in [0, 0.1) is 11.3 Å². The zero-order valence-electron chi connectivity index (χ0n) is 13.0. The van der Waals surface area contributed by atoms with Crippen LogP contribution >= 0.6 is 0 Å². The van der Waals surface area contributed by atoms with Crippen molar-refractivity contribution in [1.29, 1.82) is 0 Å². The summed E-state index contributed by atoms with van der Waals surface area (Å²) in [6, 6.07) is 2.16. The van der Waals surface area contributed by atoms with E-state index < -0.39 is 11.4 Å². The first-order valence-electron chi connectivity index (χ1n) is 7.66. The largest absolute Gasteiger partial charge is 0.481 e. The van der Waals surface area contributed by atoms with E-state index in [2.05, 4.69) is 15.3 Å². The van der Waals surface area contributed by atoms with Crippen LogP contribution < -0.4 is 10.2 Å². The summed E-state index contributed by atoms with van der Waals surface area (Å²) < 4.78 is 5.46. The number of anilines is 2. The molecule has 22 heavy (non-hydrogen) atoms. The SMILES string of the molecule is CC(C)Nc1cc(N2C[C@@H]3CCOC[C@]3(C(=O)O)C2)ncn1. The summed E-state index contributed by atoms with van der Waals surface area (Å²) in [6.07, 6.45) is 2.30. The van der Waals surface area contributed by atoms with Gasteiger partial charge in [-0.1, -0.05) is 0 Å². The second kappa shape index (κ2) is 5.72. The Kier molecular flexibility index (Phi) is 3.90. The van der Waals surface area contributed by atoms with Gasteiger partial charge in [-0.3, -0.25) is 4.79 Å². The second-order valence-electron chi connectivity index (χ2n) is 6.44. The maximum atomic E-state index is 11.8. The molecule has 2 fully saturated rings. The zero-order chi connectivity index (χ0) is 15.7. The zero-order valence-corrected chi connectivity index (χ0v) is 13.0. The second-order valence-corrected chi connectivity index (χ2v) is 6.44. The molecule has 0 saturated carbocycles. The molecule has 1 aromatic rings. The molecule has 2 aliphatic rings. The Hall–Kier alpha value is -1.89. The van der Waals surface area contributed by atoms with Crippen LogP contribution in [-0.2, 0) is 9.53 Å². The summed E-state index contributed by atoms with van der Waals surface area (Å²) in [4.78, 5) is 22.4. The molecule has 7 nitrogen and oxygen atoms in total. The van der Waals surface area contributed by atoms with Gasteiger partial charge in [-0.15, -0.1) is 0 Å². The van der Waals surface area contributed by atoms with Crippen molar-refractivity contribution in [1.82, 2.24) is 9.97 Å². The molecule has 0 bridgehead atoms. The van der Waals surface area contributed by atoms with E-state index in [4.69, 9.17) is 4.74 Å². The monoisotopic (exact) mass is 306 g/mol. The van der Waals surface area contributed by atoms with Gasteiger partial charge in [0.2, 0.25) is 0 Å². The maximum Gasteiger partial charge on any atom is 0.314 e. The highest BCUT2D eigenvalue weighted by atomic mass is 16.5. The Labute approximate surface area is 129 Å². The first-order valence-corrected chi connectivity index (χ1v) is 7.66. The van der Waals surface area contributed by atoms with Crippen LogP contribution in [0.4, 0.5) is 11.6 Å². The van der Waals surface area contributed by atoms with E-state index in [0.29, 0.717) is 19.7 Å². The number of carbonyl (C=O) groups is 1. The van der Waals surface area contributed by atoms with Crippen molar-refractivity contribution in [2.75, 3.05) is 36.5 Å². The van der Waals surface area contributed by atoms with Crippen molar-refractivity contribution in [3.05, 3.63) is 12.4 Å². The summed E-state index contributed by atoms with van der Waals surface area (Å²) in [5.41, 5.74) is -0.811. The van der Waals surface area contributed by atoms with Crippen LogP contribution in [0.3, 0.4) is 0 Å². The third-order valence-electron chi connectivity index (χ3n) is 4.50. The van der Waals surface area contributed by atoms with Gasteiger partial charge < -0.3 is 20.1 Å². The van der Waals surface area contributed by atoms with E-state index in [1.807, 2.05) is 24.8 Å². The van der Waals surface area contributed by atoms with Crippen molar-refractivity contribution < 1.29 is 14.6 Å². The van der Waals surface area contributed by atoms with Gasteiger partial charge in [0.25, 0.3) is 0 Å². The highest BCUT2D eigenvalue weighted by molar-refractivity contribution is 5.77. The molecule has 3 rings (SSSR count). The number of aliphatic carboxylic acids is 1. The number of nitrogens with one attached hydrogen (secondary N) is 1. The fraction of sp³-hybridized carbons (Fsp3) is 0.667.